The first-order chi connectivity index (χ1) is 30.7. The van der Waals surface area contributed by atoms with Crippen molar-refractivity contribution < 1.29 is 0 Å². The third-order valence-corrected chi connectivity index (χ3v) is 6.31. The van der Waals surface area contributed by atoms with Crippen LogP contribution in [0.1, 0.15) is 177 Å². The molecular formula is C65H108. The van der Waals surface area contributed by atoms with E-state index in [0.717, 1.165) is 0 Å². The van der Waals surface area contributed by atoms with Gasteiger partial charge in [0.2, 0.25) is 0 Å². The normalized spacial score (nSPS) is 8.98. The summed E-state index contributed by atoms with van der Waals surface area (Å²) in [7, 11) is 0. The average molecular weight is 890 g/mol. The van der Waals surface area contributed by atoms with Crippen molar-refractivity contribution in [3.05, 3.63) is 217 Å². The van der Waals surface area contributed by atoms with Crippen LogP contribution in [0.4, 0.5) is 0 Å². The maximum atomic E-state index is 2.29. The molecule has 0 heteroatoms. The Bertz CT molecular complexity index is 1300. The van der Waals surface area contributed by atoms with E-state index in [0.29, 0.717) is 21.7 Å². The molecular weight excluding hydrogens is 781 g/mol. The van der Waals surface area contributed by atoms with Crippen LogP contribution in [0.3, 0.4) is 0 Å². The van der Waals surface area contributed by atoms with E-state index in [4.69, 9.17) is 0 Å². The van der Waals surface area contributed by atoms with Crippen LogP contribution in [0.25, 0.3) is 0 Å². The van der Waals surface area contributed by atoms with Crippen molar-refractivity contribution in [3.63, 3.8) is 0 Å². The fraction of sp³-hybridized carbons (Fsp3) is 0.446. The summed E-state index contributed by atoms with van der Waals surface area (Å²) < 4.78 is 0. The number of hydrogen-bond donors (Lipinski definition) is 0. The fourth-order valence-corrected chi connectivity index (χ4v) is 4.60. The second-order valence-corrected chi connectivity index (χ2v) is 18.2. The van der Waals surface area contributed by atoms with E-state index >= 15 is 0 Å². The second kappa shape index (κ2) is 55.5. The second-order valence-electron chi connectivity index (χ2n) is 18.2. The van der Waals surface area contributed by atoms with Crippen LogP contribution in [0.5, 0.6) is 0 Å². The predicted octanol–water partition coefficient (Wildman–Crippen LogP) is 22.4. The maximum absolute atomic E-state index is 2.29. The van der Waals surface area contributed by atoms with Gasteiger partial charge in [-0.2, -0.15) is 0 Å². The van der Waals surface area contributed by atoms with Gasteiger partial charge < -0.3 is 0 Å². The summed E-state index contributed by atoms with van der Waals surface area (Å²) in [4.78, 5) is 0. The molecule has 0 saturated heterocycles. The fourth-order valence-electron chi connectivity index (χ4n) is 4.60. The summed E-state index contributed by atoms with van der Waals surface area (Å²) in [5.74, 6) is 0. The molecule has 0 amide bonds. The standard InChI is InChI=1S/C10H14.C9H20.C7H8.4C6H6.C5H12.5C2H6/c1-10(2,3)9-7-5-4-6-8-9;1-8(2,3)7-9(4,5)6;1-7-5-3-2-4-6-7;4*1-2-4-6-5-3-1;1-5(2,3)4;5*1-2/h4-8H,1-3H3;7H2,1-6H3;2-6H,1H3;4*1-6H;1-4H3;5*1-2H3. The van der Waals surface area contributed by atoms with E-state index in [9.17, 15) is 0 Å². The van der Waals surface area contributed by atoms with E-state index in [1.165, 1.54) is 17.5 Å². The van der Waals surface area contributed by atoms with Gasteiger partial charge in [-0.1, -0.05) is 371 Å². The van der Waals surface area contributed by atoms with Crippen molar-refractivity contribution in [2.45, 2.75) is 178 Å². The zero-order valence-corrected chi connectivity index (χ0v) is 47.3. The minimum Gasteiger partial charge on any atom is -0.0683 e. The molecule has 0 spiro atoms. The first-order valence-corrected chi connectivity index (χ1v) is 24.8. The lowest BCUT2D eigenvalue weighted by atomic mass is 9.78. The molecule has 6 aromatic rings. The van der Waals surface area contributed by atoms with Crippen LogP contribution in [0, 0.1) is 23.2 Å². The van der Waals surface area contributed by atoms with Crippen molar-refractivity contribution in [1.82, 2.24) is 0 Å². The minimum atomic E-state index is 0.293. The molecule has 368 valence electrons. The van der Waals surface area contributed by atoms with Crippen molar-refractivity contribution in [2.24, 2.45) is 16.2 Å². The minimum absolute atomic E-state index is 0.293. The van der Waals surface area contributed by atoms with Gasteiger partial charge in [0.15, 0.2) is 0 Å². The van der Waals surface area contributed by atoms with Gasteiger partial charge in [-0.15, -0.1) is 0 Å². The molecule has 0 heterocycles. The van der Waals surface area contributed by atoms with Gasteiger partial charge in [0.1, 0.15) is 0 Å². The Morgan fingerprint density at radius 3 is 0.462 bits per heavy atom. The molecule has 0 fully saturated rings. The Morgan fingerprint density at radius 2 is 0.385 bits per heavy atom. The molecule has 0 saturated carbocycles. The smallest absolute Gasteiger partial charge is 0.0132 e. The molecule has 0 nitrogen and oxygen atoms in total. The number of rotatable bonds is 0. The Hall–Kier alpha value is -4.68. The van der Waals surface area contributed by atoms with E-state index in [1.807, 2.05) is 233 Å². The van der Waals surface area contributed by atoms with E-state index in [-0.39, 0.29) is 0 Å². The average Bonchev–Trinajstić information content (AvgIpc) is 3.32. The molecule has 0 bridgehead atoms. The van der Waals surface area contributed by atoms with Crippen LogP contribution in [-0.4, -0.2) is 0 Å². The molecule has 0 atom stereocenters. The van der Waals surface area contributed by atoms with E-state index in [2.05, 4.69) is 139 Å². The quantitative estimate of drug-likeness (QED) is 0.143. The highest BCUT2D eigenvalue weighted by molar-refractivity contribution is 5.22. The summed E-state index contributed by atoms with van der Waals surface area (Å²) in [5, 5.41) is 0. The van der Waals surface area contributed by atoms with Gasteiger partial charge in [0.05, 0.1) is 0 Å². The molecule has 0 aliphatic carbocycles. The lowest BCUT2D eigenvalue weighted by Gasteiger charge is -2.28. The van der Waals surface area contributed by atoms with Crippen LogP contribution < -0.4 is 0 Å². The molecule has 0 aromatic heterocycles. The van der Waals surface area contributed by atoms with Crippen molar-refractivity contribution in [2.75, 3.05) is 0 Å². The summed E-state index contributed by atoms with van der Waals surface area (Å²) in [6, 6.07) is 68.8. The first kappa shape index (κ1) is 74.7. The number of hydrogen-bond acceptors (Lipinski definition) is 0. The lowest BCUT2D eigenvalue weighted by molar-refractivity contribution is 0.233. The Morgan fingerprint density at radius 1 is 0.246 bits per heavy atom. The molecule has 0 radical (unpaired) electrons. The Labute approximate surface area is 409 Å². The van der Waals surface area contributed by atoms with Gasteiger partial charge in [-0.05, 0) is 40.6 Å². The Balaban J connectivity index is -0.000000116. The van der Waals surface area contributed by atoms with Gasteiger partial charge in [0, 0.05) is 0 Å². The SMILES string of the molecule is CC.CC.CC.CC.CC.CC(C)(C)C.CC(C)(C)CC(C)(C)C.CC(C)(C)c1ccccc1.Cc1ccccc1.c1ccccc1.c1ccccc1.c1ccccc1.c1ccccc1. The monoisotopic (exact) mass is 889 g/mol. The molecule has 0 aliphatic heterocycles. The highest BCUT2D eigenvalue weighted by atomic mass is 14.3. The molecule has 6 aromatic carbocycles. The number of aryl methyl sites for hydroxylation is 1. The van der Waals surface area contributed by atoms with Crippen LogP contribution >= 0.6 is 0 Å². The summed E-state index contributed by atoms with van der Waals surface area (Å²) in [5.41, 5.74) is 4.48. The van der Waals surface area contributed by atoms with Crippen molar-refractivity contribution >= 4 is 0 Å². The highest BCUT2D eigenvalue weighted by Crippen LogP contribution is 2.32. The topological polar surface area (TPSA) is 0 Å². The molecule has 0 aliphatic rings. The van der Waals surface area contributed by atoms with Crippen LogP contribution in [0.15, 0.2) is 206 Å². The van der Waals surface area contributed by atoms with E-state index < -0.39 is 0 Å². The summed E-state index contributed by atoms with van der Waals surface area (Å²) in [6.07, 6.45) is 1.29. The third-order valence-electron chi connectivity index (χ3n) is 6.31. The highest BCUT2D eigenvalue weighted by Gasteiger charge is 2.20. The predicted molar refractivity (Wildman–Crippen MR) is 307 cm³/mol. The molecule has 0 N–H and O–H groups in total. The molecule has 0 unspecified atom stereocenters. The van der Waals surface area contributed by atoms with E-state index in [1.54, 1.807) is 0 Å². The van der Waals surface area contributed by atoms with Crippen molar-refractivity contribution in [1.29, 1.82) is 0 Å². The molecule has 6 rings (SSSR count). The zero-order valence-electron chi connectivity index (χ0n) is 47.3. The summed E-state index contributed by atoms with van der Waals surface area (Å²) in [6.45, 7) is 51.2. The van der Waals surface area contributed by atoms with Crippen LogP contribution in [0.2, 0.25) is 0 Å². The zero-order chi connectivity index (χ0) is 51.9. The largest absolute Gasteiger partial charge is 0.0683 e. The van der Waals surface area contributed by atoms with Gasteiger partial charge >= 0.3 is 0 Å². The van der Waals surface area contributed by atoms with Crippen molar-refractivity contribution in [3.8, 4) is 0 Å². The van der Waals surface area contributed by atoms with Gasteiger partial charge in [-0.25, -0.2) is 0 Å². The van der Waals surface area contributed by atoms with Gasteiger partial charge in [0.25, 0.3) is 0 Å². The summed E-state index contributed by atoms with van der Waals surface area (Å²) >= 11 is 0. The Kier molecular flexibility index (Phi) is 63.7. The maximum Gasteiger partial charge on any atom is -0.0132 e. The third kappa shape index (κ3) is 87.0. The van der Waals surface area contributed by atoms with Crippen LogP contribution in [-0.2, 0) is 5.41 Å². The molecule has 65 heavy (non-hydrogen) atoms. The lowest BCUT2D eigenvalue weighted by Crippen LogP contribution is -2.16. The number of benzene rings is 6. The first-order valence-electron chi connectivity index (χ1n) is 24.8. The van der Waals surface area contributed by atoms with Gasteiger partial charge in [-0.3, -0.25) is 0 Å².